The van der Waals surface area contributed by atoms with Gasteiger partial charge in [0.2, 0.25) is 10.0 Å². The molecule has 0 bridgehead atoms. The molecule has 0 amide bonds. The van der Waals surface area contributed by atoms with Crippen LogP contribution in [0.2, 0.25) is 0 Å². The van der Waals surface area contributed by atoms with Gasteiger partial charge in [-0.1, -0.05) is 19.8 Å². The molecular weight excluding hydrogens is 294 g/mol. The molecule has 0 saturated heterocycles. The fourth-order valence-electron chi connectivity index (χ4n) is 1.78. The fraction of sp³-hybridized carbons (Fsp3) is 0.500. The monoisotopic (exact) mass is 315 g/mol. The Morgan fingerprint density at radius 1 is 1.29 bits per heavy atom. The lowest BCUT2D eigenvalue weighted by atomic mass is 10.1. The number of nitrogens with one attached hydrogen (secondary N) is 1. The molecule has 0 aliphatic carbocycles. The first-order chi connectivity index (χ1) is 9.90. The lowest BCUT2D eigenvalue weighted by Crippen LogP contribution is -2.40. The topological polar surface area (TPSA) is 92.7 Å². The molecule has 21 heavy (non-hydrogen) atoms. The summed E-state index contributed by atoms with van der Waals surface area (Å²) >= 11 is 0. The first-order valence-corrected chi connectivity index (χ1v) is 8.37. The molecule has 0 aliphatic heterocycles. The summed E-state index contributed by atoms with van der Waals surface area (Å²) in [5.41, 5.74) is 0. The van der Waals surface area contributed by atoms with Gasteiger partial charge in [0.1, 0.15) is 11.8 Å². The van der Waals surface area contributed by atoms with Gasteiger partial charge in [-0.3, -0.25) is 4.79 Å². The van der Waals surface area contributed by atoms with E-state index in [0.717, 1.165) is 6.42 Å². The molecule has 2 N–H and O–H groups in total. The van der Waals surface area contributed by atoms with E-state index in [2.05, 4.69) is 4.72 Å². The van der Waals surface area contributed by atoms with Crippen LogP contribution >= 0.6 is 0 Å². The van der Waals surface area contributed by atoms with Gasteiger partial charge in [0.25, 0.3) is 0 Å². The number of hydrogen-bond acceptors (Lipinski definition) is 4. The number of aliphatic carboxylic acids is 1. The average molecular weight is 315 g/mol. The number of benzene rings is 1. The summed E-state index contributed by atoms with van der Waals surface area (Å²) < 4.78 is 31.8. The summed E-state index contributed by atoms with van der Waals surface area (Å²) in [6, 6.07) is 4.76. The van der Waals surface area contributed by atoms with Crippen molar-refractivity contribution in [1.29, 1.82) is 0 Å². The molecule has 1 rings (SSSR count). The van der Waals surface area contributed by atoms with Crippen molar-refractivity contribution < 1.29 is 23.1 Å². The Morgan fingerprint density at radius 3 is 2.38 bits per heavy atom. The maximum absolute atomic E-state index is 12.2. The maximum Gasteiger partial charge on any atom is 0.321 e. The van der Waals surface area contributed by atoms with Crippen LogP contribution in [0, 0.1) is 0 Å². The zero-order valence-corrected chi connectivity index (χ0v) is 13.0. The van der Waals surface area contributed by atoms with Gasteiger partial charge < -0.3 is 9.84 Å². The molecule has 7 heteroatoms. The van der Waals surface area contributed by atoms with Crippen LogP contribution in [-0.2, 0) is 14.8 Å². The van der Waals surface area contributed by atoms with Crippen LogP contribution < -0.4 is 9.46 Å². The van der Waals surface area contributed by atoms with Crippen LogP contribution in [0.3, 0.4) is 0 Å². The Kier molecular flexibility index (Phi) is 6.64. The van der Waals surface area contributed by atoms with Crippen LogP contribution in [0.15, 0.2) is 29.2 Å². The van der Waals surface area contributed by atoms with E-state index in [1.165, 1.54) is 12.1 Å². The van der Waals surface area contributed by atoms with Crippen molar-refractivity contribution in [3.8, 4) is 5.75 Å². The first kappa shape index (κ1) is 17.5. The van der Waals surface area contributed by atoms with Crippen LogP contribution in [0.4, 0.5) is 0 Å². The third-order valence-corrected chi connectivity index (χ3v) is 4.37. The number of sulfonamides is 1. The number of hydrogen-bond donors (Lipinski definition) is 2. The van der Waals surface area contributed by atoms with E-state index in [-0.39, 0.29) is 11.3 Å². The molecule has 1 aromatic rings. The van der Waals surface area contributed by atoms with Crippen molar-refractivity contribution in [2.45, 2.75) is 44.0 Å². The Balaban J connectivity index is 2.85. The molecule has 0 radical (unpaired) electrons. The van der Waals surface area contributed by atoms with Crippen molar-refractivity contribution >= 4 is 16.0 Å². The lowest BCUT2D eigenvalue weighted by Gasteiger charge is -2.14. The fourth-order valence-corrected chi connectivity index (χ4v) is 3.00. The molecule has 0 saturated carbocycles. The zero-order chi connectivity index (χ0) is 15.9. The number of ether oxygens (including phenoxy) is 1. The Hall–Kier alpha value is -1.60. The van der Waals surface area contributed by atoms with Crippen molar-refractivity contribution in [2.75, 3.05) is 6.61 Å². The molecule has 0 unspecified atom stereocenters. The predicted octanol–water partition coefficient (Wildman–Crippen LogP) is 2.01. The second-order valence-electron chi connectivity index (χ2n) is 4.56. The first-order valence-electron chi connectivity index (χ1n) is 6.88. The molecule has 0 aliphatic rings. The van der Waals surface area contributed by atoms with Gasteiger partial charge in [-0.25, -0.2) is 8.42 Å². The van der Waals surface area contributed by atoms with E-state index >= 15 is 0 Å². The quantitative estimate of drug-likeness (QED) is 0.727. The second kappa shape index (κ2) is 7.99. The number of carbonyl (C=O) groups is 1. The third-order valence-electron chi connectivity index (χ3n) is 2.89. The Morgan fingerprint density at radius 2 is 1.90 bits per heavy atom. The van der Waals surface area contributed by atoms with E-state index in [0.29, 0.717) is 18.8 Å². The van der Waals surface area contributed by atoms with Gasteiger partial charge in [-0.15, -0.1) is 0 Å². The number of rotatable bonds is 9. The van der Waals surface area contributed by atoms with E-state index < -0.39 is 22.0 Å². The SMILES string of the molecule is CCCC[C@H](NS(=O)(=O)c1ccc(OCC)cc1)C(=O)O. The molecular formula is C14H21NO5S. The molecule has 0 spiro atoms. The van der Waals surface area contributed by atoms with Crippen LogP contribution in [0.1, 0.15) is 33.1 Å². The highest BCUT2D eigenvalue weighted by atomic mass is 32.2. The van der Waals surface area contributed by atoms with Crippen LogP contribution in [-0.4, -0.2) is 32.1 Å². The Labute approximate surface area is 125 Å². The van der Waals surface area contributed by atoms with E-state index in [4.69, 9.17) is 9.84 Å². The maximum atomic E-state index is 12.2. The van der Waals surface area contributed by atoms with E-state index in [1.54, 1.807) is 12.1 Å². The van der Waals surface area contributed by atoms with Crippen molar-refractivity contribution in [1.82, 2.24) is 4.72 Å². The standard InChI is InChI=1S/C14H21NO5S/c1-3-5-6-13(14(16)17)15-21(18,19)12-9-7-11(8-10-12)20-4-2/h7-10,13,15H,3-6H2,1-2H3,(H,16,17)/t13-/m0/s1. The minimum absolute atomic E-state index is 0.0219. The highest BCUT2D eigenvalue weighted by molar-refractivity contribution is 7.89. The summed E-state index contributed by atoms with van der Waals surface area (Å²) in [6.45, 7) is 4.24. The summed E-state index contributed by atoms with van der Waals surface area (Å²) in [7, 11) is -3.85. The molecule has 0 fully saturated rings. The summed E-state index contributed by atoms with van der Waals surface area (Å²) in [5.74, 6) is -0.602. The van der Waals surface area contributed by atoms with E-state index in [1.807, 2.05) is 13.8 Å². The number of carboxylic acid groups (broad SMARTS) is 1. The Bertz CT molecular complexity index is 553. The van der Waals surface area contributed by atoms with Gasteiger partial charge in [0, 0.05) is 0 Å². The predicted molar refractivity (Wildman–Crippen MR) is 78.9 cm³/mol. The average Bonchev–Trinajstić information content (AvgIpc) is 2.44. The molecule has 1 atom stereocenters. The van der Waals surface area contributed by atoms with E-state index in [9.17, 15) is 13.2 Å². The second-order valence-corrected chi connectivity index (χ2v) is 6.27. The molecule has 0 heterocycles. The highest BCUT2D eigenvalue weighted by Gasteiger charge is 2.24. The molecule has 118 valence electrons. The molecule has 6 nitrogen and oxygen atoms in total. The van der Waals surface area contributed by atoms with Gasteiger partial charge in [0.05, 0.1) is 11.5 Å². The lowest BCUT2D eigenvalue weighted by molar-refractivity contribution is -0.139. The van der Waals surface area contributed by atoms with Gasteiger partial charge in [0.15, 0.2) is 0 Å². The zero-order valence-electron chi connectivity index (χ0n) is 12.2. The third kappa shape index (κ3) is 5.35. The van der Waals surface area contributed by atoms with Crippen molar-refractivity contribution in [3.05, 3.63) is 24.3 Å². The summed E-state index contributed by atoms with van der Waals surface area (Å²) in [4.78, 5) is 11.1. The van der Waals surface area contributed by atoms with Crippen molar-refractivity contribution in [2.24, 2.45) is 0 Å². The van der Waals surface area contributed by atoms with Gasteiger partial charge in [-0.2, -0.15) is 4.72 Å². The van der Waals surface area contributed by atoms with Gasteiger partial charge >= 0.3 is 5.97 Å². The largest absolute Gasteiger partial charge is 0.494 e. The molecule has 1 aromatic carbocycles. The highest BCUT2D eigenvalue weighted by Crippen LogP contribution is 2.16. The number of unbranched alkanes of at least 4 members (excludes halogenated alkanes) is 1. The normalized spacial score (nSPS) is 12.9. The van der Waals surface area contributed by atoms with Gasteiger partial charge in [-0.05, 0) is 37.6 Å². The van der Waals surface area contributed by atoms with Crippen molar-refractivity contribution in [3.63, 3.8) is 0 Å². The number of carboxylic acids is 1. The van der Waals surface area contributed by atoms with Crippen LogP contribution in [0.5, 0.6) is 5.75 Å². The minimum atomic E-state index is -3.85. The minimum Gasteiger partial charge on any atom is -0.494 e. The van der Waals surface area contributed by atoms with Crippen LogP contribution in [0.25, 0.3) is 0 Å². The summed E-state index contributed by atoms with van der Waals surface area (Å²) in [6.07, 6.45) is 1.71. The summed E-state index contributed by atoms with van der Waals surface area (Å²) in [5, 5.41) is 9.08. The smallest absolute Gasteiger partial charge is 0.321 e. The molecule has 0 aromatic heterocycles.